The zero-order chi connectivity index (χ0) is 16.8. The van der Waals surface area contributed by atoms with Crippen LogP contribution in [0.1, 0.15) is 27.7 Å². The summed E-state index contributed by atoms with van der Waals surface area (Å²) >= 11 is 0. The van der Waals surface area contributed by atoms with E-state index in [0.717, 1.165) is 4.68 Å². The van der Waals surface area contributed by atoms with Crippen LogP contribution in [0.15, 0.2) is 41.2 Å². The first-order valence-electron chi connectivity index (χ1n) is 6.85. The van der Waals surface area contributed by atoms with E-state index in [1.165, 1.54) is 6.07 Å². The topological polar surface area (TPSA) is 87.8 Å². The Bertz CT molecular complexity index is 857. The van der Waals surface area contributed by atoms with Gasteiger partial charge in [0.2, 0.25) is 0 Å². The van der Waals surface area contributed by atoms with E-state index in [4.69, 9.17) is 6.42 Å². The Morgan fingerprint density at radius 3 is 2.74 bits per heavy atom. The lowest BCUT2D eigenvalue weighted by Gasteiger charge is -2.14. The molecule has 0 bridgehead atoms. The maximum atomic E-state index is 12.5. The first kappa shape index (κ1) is 16.0. The highest BCUT2D eigenvalue weighted by Crippen LogP contribution is 2.15. The van der Waals surface area contributed by atoms with E-state index < -0.39 is 17.5 Å². The first-order chi connectivity index (χ1) is 11.1. The number of carbonyl (C=O) groups excluding carboxylic acids is 1. The second kappa shape index (κ2) is 7.06. The summed E-state index contributed by atoms with van der Waals surface area (Å²) in [6, 6.07) is 11.3. The minimum Gasteiger partial charge on any atom is -0.341 e. The molecule has 2 aromatic rings. The normalized spacial score (nSPS) is 11.1. The van der Waals surface area contributed by atoms with Gasteiger partial charge in [-0.3, -0.25) is 9.59 Å². The number of benzene rings is 1. The van der Waals surface area contributed by atoms with Crippen LogP contribution in [-0.4, -0.2) is 22.2 Å². The average molecular weight is 306 g/mol. The zero-order valence-electron chi connectivity index (χ0n) is 12.5. The van der Waals surface area contributed by atoms with Crippen molar-refractivity contribution in [3.05, 3.63) is 63.6 Å². The molecule has 2 rings (SSSR count). The summed E-state index contributed by atoms with van der Waals surface area (Å²) in [5.74, 6) is 1.68. The highest BCUT2D eigenvalue weighted by atomic mass is 16.2. The minimum atomic E-state index is -0.914. The second-order valence-corrected chi connectivity index (χ2v) is 4.78. The second-order valence-electron chi connectivity index (χ2n) is 4.78. The summed E-state index contributed by atoms with van der Waals surface area (Å²) in [5.41, 5.74) is 0.335. The van der Waals surface area contributed by atoms with Gasteiger partial charge in [0.25, 0.3) is 11.5 Å². The SMILES string of the molecule is C#CCNC(=O)c1cc(C)nn([C@H](C#N)c2ccccc2)c1=O. The number of nitrogens with one attached hydrogen (secondary N) is 1. The molecule has 1 aromatic carbocycles. The van der Waals surface area contributed by atoms with Crippen LogP contribution >= 0.6 is 0 Å². The van der Waals surface area contributed by atoms with Crippen LogP contribution < -0.4 is 10.9 Å². The summed E-state index contributed by atoms with van der Waals surface area (Å²) < 4.78 is 1.02. The third-order valence-corrected chi connectivity index (χ3v) is 3.13. The molecule has 0 spiro atoms. The number of terminal acetylenes is 1. The quantitative estimate of drug-likeness (QED) is 0.855. The predicted octanol–water partition coefficient (Wildman–Crippen LogP) is 1.03. The summed E-state index contributed by atoms with van der Waals surface area (Å²) in [6.45, 7) is 1.66. The molecule has 0 saturated heterocycles. The lowest BCUT2D eigenvalue weighted by molar-refractivity contribution is 0.0956. The van der Waals surface area contributed by atoms with Gasteiger partial charge in [0.15, 0.2) is 6.04 Å². The molecule has 0 aliphatic heterocycles. The monoisotopic (exact) mass is 306 g/mol. The molecule has 0 unspecified atom stereocenters. The number of carbonyl (C=O) groups is 1. The number of aromatic nitrogens is 2. The van der Waals surface area contributed by atoms with Crippen LogP contribution in [-0.2, 0) is 0 Å². The van der Waals surface area contributed by atoms with Gasteiger partial charge in [-0.05, 0) is 18.6 Å². The molecule has 1 heterocycles. The van der Waals surface area contributed by atoms with Crippen LogP contribution in [0.4, 0.5) is 0 Å². The van der Waals surface area contributed by atoms with Gasteiger partial charge in [0, 0.05) is 0 Å². The van der Waals surface area contributed by atoms with Gasteiger partial charge in [-0.25, -0.2) is 4.68 Å². The minimum absolute atomic E-state index is 0.0139. The molecule has 6 nitrogen and oxygen atoms in total. The van der Waals surface area contributed by atoms with E-state index in [1.807, 2.05) is 12.1 Å². The standard InChI is InChI=1S/C17H14N4O2/c1-3-9-19-16(22)14-10-12(2)20-21(17(14)23)15(11-18)13-7-5-4-6-8-13/h1,4-8,10,15H,9H2,2H3,(H,19,22)/t15-/m1/s1. The van der Waals surface area contributed by atoms with E-state index in [-0.39, 0.29) is 12.1 Å². The van der Waals surface area contributed by atoms with E-state index >= 15 is 0 Å². The molecule has 0 fully saturated rings. The largest absolute Gasteiger partial charge is 0.341 e. The van der Waals surface area contributed by atoms with Crippen molar-refractivity contribution in [1.82, 2.24) is 15.1 Å². The average Bonchev–Trinajstić information content (AvgIpc) is 2.57. The lowest BCUT2D eigenvalue weighted by atomic mass is 10.1. The zero-order valence-corrected chi connectivity index (χ0v) is 12.5. The maximum Gasteiger partial charge on any atom is 0.281 e. The van der Waals surface area contributed by atoms with Crippen molar-refractivity contribution in [1.29, 1.82) is 5.26 Å². The molecule has 0 radical (unpaired) electrons. The van der Waals surface area contributed by atoms with Gasteiger partial charge < -0.3 is 5.32 Å². The van der Waals surface area contributed by atoms with Crippen molar-refractivity contribution in [3.8, 4) is 18.4 Å². The highest BCUT2D eigenvalue weighted by molar-refractivity contribution is 5.94. The highest BCUT2D eigenvalue weighted by Gasteiger charge is 2.20. The van der Waals surface area contributed by atoms with Crippen molar-refractivity contribution >= 4 is 5.91 Å². The van der Waals surface area contributed by atoms with E-state index in [1.54, 1.807) is 31.2 Å². The van der Waals surface area contributed by atoms with Crippen LogP contribution in [0.2, 0.25) is 0 Å². The molecular formula is C17H14N4O2. The Hall–Kier alpha value is -3.38. The smallest absolute Gasteiger partial charge is 0.281 e. The van der Waals surface area contributed by atoms with Crippen LogP contribution in [0.25, 0.3) is 0 Å². The Kier molecular flexibility index (Phi) is 4.91. The Labute approximate surface area is 133 Å². The van der Waals surface area contributed by atoms with Gasteiger partial charge in [0.05, 0.1) is 18.3 Å². The Morgan fingerprint density at radius 1 is 1.43 bits per heavy atom. The van der Waals surface area contributed by atoms with E-state index in [0.29, 0.717) is 11.3 Å². The summed E-state index contributed by atoms with van der Waals surface area (Å²) in [7, 11) is 0. The third kappa shape index (κ3) is 3.45. The third-order valence-electron chi connectivity index (χ3n) is 3.13. The van der Waals surface area contributed by atoms with Crippen molar-refractivity contribution < 1.29 is 4.79 Å². The number of hydrogen-bond donors (Lipinski definition) is 1. The molecule has 0 saturated carbocycles. The van der Waals surface area contributed by atoms with Crippen molar-refractivity contribution in [2.24, 2.45) is 0 Å². The molecule has 6 heteroatoms. The van der Waals surface area contributed by atoms with Gasteiger partial charge in [-0.15, -0.1) is 6.42 Å². The van der Waals surface area contributed by atoms with Crippen LogP contribution in [0, 0.1) is 30.6 Å². The number of nitriles is 1. The van der Waals surface area contributed by atoms with Crippen molar-refractivity contribution in [3.63, 3.8) is 0 Å². The van der Waals surface area contributed by atoms with Crippen molar-refractivity contribution in [2.75, 3.05) is 6.54 Å². The Morgan fingerprint density at radius 2 is 2.13 bits per heavy atom. The fourth-order valence-corrected chi connectivity index (χ4v) is 2.11. The number of amides is 1. The number of nitrogens with zero attached hydrogens (tertiary/aromatic N) is 3. The molecule has 1 amide bonds. The molecular weight excluding hydrogens is 292 g/mol. The van der Waals surface area contributed by atoms with E-state index in [2.05, 4.69) is 16.3 Å². The first-order valence-corrected chi connectivity index (χ1v) is 6.85. The number of rotatable bonds is 4. The Balaban J connectivity index is 2.54. The lowest BCUT2D eigenvalue weighted by Crippen LogP contribution is -2.36. The number of hydrogen-bond acceptors (Lipinski definition) is 4. The molecule has 1 N–H and O–H groups in total. The van der Waals surface area contributed by atoms with E-state index in [9.17, 15) is 14.9 Å². The van der Waals surface area contributed by atoms with Gasteiger partial charge >= 0.3 is 0 Å². The van der Waals surface area contributed by atoms with Crippen molar-refractivity contribution in [2.45, 2.75) is 13.0 Å². The molecule has 1 atom stereocenters. The van der Waals surface area contributed by atoms with Gasteiger partial charge in [0.1, 0.15) is 5.56 Å². The maximum absolute atomic E-state index is 12.5. The fraction of sp³-hybridized carbons (Fsp3) is 0.176. The van der Waals surface area contributed by atoms with Crippen LogP contribution in [0.5, 0.6) is 0 Å². The predicted molar refractivity (Wildman–Crippen MR) is 84.6 cm³/mol. The fourth-order valence-electron chi connectivity index (χ4n) is 2.11. The molecule has 23 heavy (non-hydrogen) atoms. The number of aryl methyl sites for hydroxylation is 1. The molecule has 0 aliphatic carbocycles. The van der Waals surface area contributed by atoms with Gasteiger partial charge in [-0.2, -0.15) is 10.4 Å². The summed E-state index contributed by atoms with van der Waals surface area (Å²) in [5, 5.41) is 16.0. The molecule has 0 aliphatic rings. The van der Waals surface area contributed by atoms with Crippen LogP contribution in [0.3, 0.4) is 0 Å². The van der Waals surface area contributed by atoms with Gasteiger partial charge in [-0.1, -0.05) is 36.3 Å². The molecule has 114 valence electrons. The summed E-state index contributed by atoms with van der Waals surface area (Å²) in [6.07, 6.45) is 5.10. The summed E-state index contributed by atoms with van der Waals surface area (Å²) in [4.78, 5) is 24.6. The molecule has 1 aromatic heterocycles.